The number of aldehydes is 1. The van der Waals surface area contributed by atoms with E-state index in [0.29, 0.717) is 26.3 Å². The highest BCUT2D eigenvalue weighted by molar-refractivity contribution is 6.33. The molecule has 0 aromatic carbocycles. The number of amides is 10. The molecule has 10 amide bonds. The molecule has 2 heterocycles. The molecule has 0 spiro atoms. The highest BCUT2D eigenvalue weighted by Gasteiger charge is 2.44. The Balaban J connectivity index is 0.000000573. The SMILES string of the molecule is CC(=O)N(C(=O)OC(C)(C)C)N1CC(C=O)=NN(C(=O)OC(C)(C)C)C1=O.CCO/N=C/C1=NN(C(=O)OC(C)(C)C)C(=O)N(N(C(C)=O)C(=O)OC(C)(C)C)C1. The molecule has 0 saturated carbocycles. The molecule has 0 aliphatic carbocycles. The number of imide groups is 4. The number of oxime groups is 1. The summed E-state index contributed by atoms with van der Waals surface area (Å²) in [6.45, 7) is 22.4. The number of carbonyl (C=O) groups is 9. The largest absolute Gasteiger partial charge is 0.442 e. The maximum atomic E-state index is 12.9. The third-order valence-electron chi connectivity index (χ3n) is 5.77. The van der Waals surface area contributed by atoms with Crippen LogP contribution in [0.4, 0.5) is 28.8 Å². The maximum absolute atomic E-state index is 12.9. The maximum Gasteiger partial charge on any atom is 0.439 e. The first kappa shape index (κ1) is 48.9. The summed E-state index contributed by atoms with van der Waals surface area (Å²) < 4.78 is 20.6. The fraction of sp³-hybridized carbons (Fsp3) is 0.647. The van der Waals surface area contributed by atoms with E-state index in [0.717, 1.165) is 25.1 Å². The Hall–Kier alpha value is -6.16. The van der Waals surface area contributed by atoms with Crippen molar-refractivity contribution < 1.29 is 66.9 Å². The van der Waals surface area contributed by atoms with E-state index in [1.54, 1.807) is 90.0 Å². The van der Waals surface area contributed by atoms with Gasteiger partial charge in [-0.25, -0.2) is 38.8 Å². The Morgan fingerprint density at radius 1 is 0.632 bits per heavy atom. The van der Waals surface area contributed by atoms with Crippen LogP contribution in [0.1, 0.15) is 104 Å². The molecule has 0 aromatic rings. The van der Waals surface area contributed by atoms with E-state index in [1.807, 2.05) is 0 Å². The first-order chi connectivity index (χ1) is 25.8. The van der Waals surface area contributed by atoms with E-state index in [1.165, 1.54) is 0 Å². The number of urea groups is 2. The lowest BCUT2D eigenvalue weighted by Crippen LogP contribution is -2.61. The summed E-state index contributed by atoms with van der Waals surface area (Å²) in [5.41, 5.74) is -3.95. The van der Waals surface area contributed by atoms with Crippen LogP contribution >= 0.6 is 0 Å². The predicted octanol–water partition coefficient (Wildman–Crippen LogP) is 4.65. The van der Waals surface area contributed by atoms with Crippen molar-refractivity contribution in [2.24, 2.45) is 15.4 Å². The summed E-state index contributed by atoms with van der Waals surface area (Å²) in [6.07, 6.45) is -3.02. The highest BCUT2D eigenvalue weighted by atomic mass is 16.6. The van der Waals surface area contributed by atoms with Gasteiger partial charge in [0.05, 0.1) is 19.3 Å². The van der Waals surface area contributed by atoms with Crippen molar-refractivity contribution >= 4 is 72.2 Å². The number of rotatable bonds is 6. The first-order valence-corrected chi connectivity index (χ1v) is 17.3. The summed E-state index contributed by atoms with van der Waals surface area (Å²) in [6, 6.07) is -2.21. The van der Waals surface area contributed by atoms with Crippen LogP contribution in [0.3, 0.4) is 0 Å². The van der Waals surface area contributed by atoms with E-state index in [2.05, 4.69) is 15.4 Å². The van der Waals surface area contributed by atoms with Gasteiger partial charge in [0.2, 0.25) is 11.8 Å². The van der Waals surface area contributed by atoms with Crippen LogP contribution in [0.5, 0.6) is 0 Å². The van der Waals surface area contributed by atoms with Gasteiger partial charge >= 0.3 is 36.4 Å². The number of hydrazine groups is 2. The lowest BCUT2D eigenvalue weighted by atomic mass is 10.2. The molecule has 57 heavy (non-hydrogen) atoms. The average molecular weight is 812 g/mol. The zero-order valence-electron chi connectivity index (χ0n) is 35.0. The first-order valence-electron chi connectivity index (χ1n) is 17.3. The molecule has 0 fully saturated rings. The summed E-state index contributed by atoms with van der Waals surface area (Å²) in [5, 5.41) is 14.1. The Morgan fingerprint density at radius 3 is 1.26 bits per heavy atom. The van der Waals surface area contributed by atoms with Crippen molar-refractivity contribution in [2.75, 3.05) is 19.7 Å². The van der Waals surface area contributed by atoms with Gasteiger partial charge in [-0.1, -0.05) is 5.16 Å². The Labute approximate surface area is 330 Å². The Bertz CT molecular complexity index is 1680. The van der Waals surface area contributed by atoms with Crippen molar-refractivity contribution in [3.8, 4) is 0 Å². The van der Waals surface area contributed by atoms with Crippen molar-refractivity contribution in [1.29, 1.82) is 0 Å². The van der Waals surface area contributed by atoms with Gasteiger partial charge in [0.15, 0.2) is 6.29 Å². The fourth-order valence-corrected chi connectivity index (χ4v) is 3.93. The quantitative estimate of drug-likeness (QED) is 0.153. The minimum atomic E-state index is -1.16. The number of carbonyl (C=O) groups excluding carboxylic acids is 9. The van der Waals surface area contributed by atoms with Gasteiger partial charge in [-0.2, -0.15) is 10.2 Å². The predicted molar refractivity (Wildman–Crippen MR) is 199 cm³/mol. The second kappa shape index (κ2) is 19.1. The molecule has 0 aromatic heterocycles. The van der Waals surface area contributed by atoms with Crippen molar-refractivity contribution in [1.82, 2.24) is 30.1 Å². The van der Waals surface area contributed by atoms with Crippen LogP contribution in [-0.4, -0.2) is 144 Å². The molecule has 318 valence electrons. The fourth-order valence-electron chi connectivity index (χ4n) is 3.93. The van der Waals surface area contributed by atoms with Gasteiger partial charge in [-0.05, 0) is 90.0 Å². The van der Waals surface area contributed by atoms with E-state index in [4.69, 9.17) is 23.8 Å². The van der Waals surface area contributed by atoms with Crippen LogP contribution in [0.25, 0.3) is 0 Å². The zero-order chi connectivity index (χ0) is 44.4. The average Bonchev–Trinajstić information content (AvgIpc) is 3.00. The molecule has 2 aliphatic rings. The lowest BCUT2D eigenvalue weighted by molar-refractivity contribution is -0.141. The number of hydrazone groups is 2. The minimum absolute atomic E-state index is 0.0590. The summed E-state index contributed by atoms with van der Waals surface area (Å²) in [7, 11) is 0. The highest BCUT2D eigenvalue weighted by Crippen LogP contribution is 2.21. The Morgan fingerprint density at radius 2 is 0.965 bits per heavy atom. The molecular weight excluding hydrogens is 758 g/mol. The molecule has 0 unspecified atom stereocenters. The van der Waals surface area contributed by atoms with E-state index < -0.39 is 77.2 Å². The van der Waals surface area contributed by atoms with Gasteiger partial charge in [-0.3, -0.25) is 14.4 Å². The number of nitrogens with zero attached hydrogens (tertiary/aromatic N) is 9. The van der Waals surface area contributed by atoms with Gasteiger partial charge in [-0.15, -0.1) is 20.0 Å². The van der Waals surface area contributed by atoms with Crippen molar-refractivity contribution in [2.45, 2.75) is 126 Å². The zero-order valence-corrected chi connectivity index (χ0v) is 35.0. The molecule has 0 bridgehead atoms. The standard InChI is InChI=1S/C18H29N5O7.C16H24N4O7/c1-9-28-19-10-13-11-21(23(12(2)24)16(27)30-18(6,7)8)14(25)22(20-13)15(26)29-17(3,4)5;1-10(22)20(14(25)27-16(5,6)7)18-8-11(9-21)17-19(12(18)23)13(24)26-15(2,3)4/h10H,9,11H2,1-8H3;9H,8H2,1-7H3/b19-10+;. The molecule has 2 aliphatic heterocycles. The Kier molecular flexibility index (Phi) is 16.4. The van der Waals surface area contributed by atoms with E-state index in [9.17, 15) is 43.2 Å². The molecule has 23 nitrogen and oxygen atoms in total. The van der Waals surface area contributed by atoms with Crippen LogP contribution in [0.15, 0.2) is 15.4 Å². The molecule has 23 heteroatoms. The van der Waals surface area contributed by atoms with Crippen LogP contribution in [-0.2, 0) is 38.2 Å². The summed E-state index contributed by atoms with van der Waals surface area (Å²) >= 11 is 0. The summed E-state index contributed by atoms with van der Waals surface area (Å²) in [5.74, 6) is -1.65. The molecule has 0 atom stereocenters. The van der Waals surface area contributed by atoms with Crippen LogP contribution < -0.4 is 0 Å². The molecular formula is C34H53N9O14. The van der Waals surface area contributed by atoms with E-state index in [-0.39, 0.29) is 29.6 Å². The van der Waals surface area contributed by atoms with Crippen molar-refractivity contribution in [3.63, 3.8) is 0 Å². The third kappa shape index (κ3) is 15.8. The van der Waals surface area contributed by atoms with Gasteiger partial charge in [0, 0.05) is 13.8 Å². The van der Waals surface area contributed by atoms with Crippen molar-refractivity contribution in [3.05, 3.63) is 0 Å². The van der Waals surface area contributed by atoms with Crippen LogP contribution in [0.2, 0.25) is 0 Å². The monoisotopic (exact) mass is 811 g/mol. The van der Waals surface area contributed by atoms with Gasteiger partial charge in [0.1, 0.15) is 40.4 Å². The number of hydrogen-bond acceptors (Lipinski definition) is 17. The summed E-state index contributed by atoms with van der Waals surface area (Å²) in [4.78, 5) is 115. The molecule has 0 saturated heterocycles. The smallest absolute Gasteiger partial charge is 0.439 e. The molecule has 0 N–H and O–H groups in total. The third-order valence-corrected chi connectivity index (χ3v) is 5.77. The number of hydrogen-bond donors (Lipinski definition) is 0. The van der Waals surface area contributed by atoms with Gasteiger partial charge in [0.25, 0.3) is 0 Å². The number of ether oxygens (including phenoxy) is 4. The second-order valence-electron chi connectivity index (χ2n) is 15.8. The minimum Gasteiger partial charge on any atom is -0.442 e. The van der Waals surface area contributed by atoms with Gasteiger partial charge < -0.3 is 23.8 Å². The second-order valence-corrected chi connectivity index (χ2v) is 15.8. The van der Waals surface area contributed by atoms with E-state index >= 15 is 0 Å². The molecule has 2 rings (SSSR count). The topological polar surface area (TPSA) is 256 Å². The molecule has 0 radical (unpaired) electrons. The van der Waals surface area contributed by atoms with Crippen LogP contribution in [0, 0.1) is 0 Å². The lowest BCUT2D eigenvalue weighted by Gasteiger charge is -2.37. The normalized spacial score (nSPS) is 15.1.